The van der Waals surface area contributed by atoms with Crippen LogP contribution in [-0.4, -0.2) is 18.9 Å². The summed E-state index contributed by atoms with van der Waals surface area (Å²) in [5, 5.41) is 0. The van der Waals surface area contributed by atoms with Crippen LogP contribution in [0.4, 0.5) is 10.1 Å². The molecule has 0 bridgehead atoms. The second-order valence-corrected chi connectivity index (χ2v) is 7.22. The molecule has 1 amide bonds. The number of nitrogens with zero attached hydrogens (tertiary/aromatic N) is 2. The molecule has 0 saturated heterocycles. The molecule has 3 aromatic rings. The number of aliphatic imine (C=N–C) groups is 1. The largest absolute Gasteiger partial charge is 0.496 e. The number of hydrogen-bond donors (Lipinski definition) is 0. The normalized spacial score (nSPS) is 15.0. The molecule has 0 fully saturated rings. The molecule has 0 saturated carbocycles. The van der Waals surface area contributed by atoms with Gasteiger partial charge < -0.3 is 4.74 Å². The highest BCUT2D eigenvalue weighted by molar-refractivity contribution is 9.10. The first-order valence-electron chi connectivity index (χ1n) is 8.87. The van der Waals surface area contributed by atoms with E-state index in [4.69, 9.17) is 4.74 Å². The Kier molecular flexibility index (Phi) is 5.27. The van der Waals surface area contributed by atoms with Gasteiger partial charge in [0.25, 0.3) is 5.91 Å². The Morgan fingerprint density at radius 1 is 1.03 bits per heavy atom. The number of carbonyl (C=O) groups excluding carboxylic acids is 1. The summed E-state index contributed by atoms with van der Waals surface area (Å²) in [5.41, 5.74) is 1.76. The van der Waals surface area contributed by atoms with E-state index >= 15 is 0 Å². The number of methoxy groups -OCH3 is 1. The van der Waals surface area contributed by atoms with Crippen molar-refractivity contribution in [3.05, 3.63) is 99.9 Å². The molecule has 4 rings (SSSR count). The van der Waals surface area contributed by atoms with Gasteiger partial charge in [0.1, 0.15) is 17.3 Å². The Hall–Kier alpha value is -3.25. The predicted molar refractivity (Wildman–Crippen MR) is 116 cm³/mol. The number of hydrogen-bond acceptors (Lipinski definition) is 3. The Balaban J connectivity index is 1.89. The Morgan fingerprint density at radius 2 is 1.79 bits per heavy atom. The molecule has 1 aliphatic heterocycles. The second-order valence-electron chi connectivity index (χ2n) is 6.31. The number of halogens is 2. The number of carbonyl (C=O) groups is 1. The molecule has 0 aliphatic carbocycles. The van der Waals surface area contributed by atoms with Gasteiger partial charge in [0.15, 0.2) is 5.84 Å². The lowest BCUT2D eigenvalue weighted by Gasteiger charge is -2.20. The fraction of sp³-hybridized carbons (Fsp3) is 0.0435. The van der Waals surface area contributed by atoms with E-state index in [2.05, 4.69) is 20.9 Å². The molecule has 144 valence electrons. The molecule has 0 N–H and O–H groups in total. The molecule has 4 nitrogen and oxygen atoms in total. The lowest BCUT2D eigenvalue weighted by atomic mass is 10.1. The van der Waals surface area contributed by atoms with Gasteiger partial charge in [-0.3, -0.25) is 9.69 Å². The average Bonchev–Trinajstić information content (AvgIpc) is 3.05. The number of anilines is 1. The molecule has 6 heteroatoms. The second kappa shape index (κ2) is 8.01. The van der Waals surface area contributed by atoms with Gasteiger partial charge in [-0.05, 0) is 42.5 Å². The molecular formula is C23H16BrFN2O2. The van der Waals surface area contributed by atoms with Crippen molar-refractivity contribution in [3.63, 3.8) is 0 Å². The molecular weight excluding hydrogens is 435 g/mol. The van der Waals surface area contributed by atoms with E-state index < -0.39 is 5.82 Å². The van der Waals surface area contributed by atoms with Crippen molar-refractivity contribution in [2.24, 2.45) is 4.99 Å². The minimum absolute atomic E-state index is 0.149. The summed E-state index contributed by atoms with van der Waals surface area (Å²) in [5.74, 6) is 0.259. The quantitative estimate of drug-likeness (QED) is 0.497. The van der Waals surface area contributed by atoms with Crippen molar-refractivity contribution in [1.29, 1.82) is 0 Å². The zero-order valence-electron chi connectivity index (χ0n) is 15.5. The summed E-state index contributed by atoms with van der Waals surface area (Å²) in [7, 11) is 1.57. The molecule has 1 heterocycles. The van der Waals surface area contributed by atoms with Crippen LogP contribution in [0, 0.1) is 5.82 Å². The molecule has 0 aromatic heterocycles. The fourth-order valence-electron chi connectivity index (χ4n) is 3.12. The SMILES string of the molecule is COc1ccccc1C1=N/C(=C/c2ccccc2F)C(=O)N1c1cccc(Br)c1. The molecule has 1 aliphatic rings. The van der Waals surface area contributed by atoms with Crippen LogP contribution in [0.5, 0.6) is 5.75 Å². The van der Waals surface area contributed by atoms with Crippen molar-refractivity contribution in [2.45, 2.75) is 0 Å². The van der Waals surface area contributed by atoms with Crippen LogP contribution in [0.15, 0.2) is 88.0 Å². The summed E-state index contributed by atoms with van der Waals surface area (Å²) < 4.78 is 20.4. The molecule has 3 aromatic carbocycles. The predicted octanol–water partition coefficient (Wildman–Crippen LogP) is 5.43. The van der Waals surface area contributed by atoms with Crippen molar-refractivity contribution < 1.29 is 13.9 Å². The number of para-hydroxylation sites is 1. The van der Waals surface area contributed by atoms with Crippen LogP contribution >= 0.6 is 15.9 Å². The van der Waals surface area contributed by atoms with E-state index in [0.717, 1.165) is 4.47 Å². The van der Waals surface area contributed by atoms with Crippen LogP contribution in [-0.2, 0) is 4.79 Å². The van der Waals surface area contributed by atoms with Crippen LogP contribution in [0.1, 0.15) is 11.1 Å². The van der Waals surface area contributed by atoms with E-state index in [9.17, 15) is 9.18 Å². The number of ether oxygens (including phenoxy) is 1. The first-order valence-corrected chi connectivity index (χ1v) is 9.66. The monoisotopic (exact) mass is 450 g/mol. The minimum atomic E-state index is -0.414. The molecule has 0 spiro atoms. The van der Waals surface area contributed by atoms with E-state index in [-0.39, 0.29) is 11.6 Å². The maximum atomic E-state index is 14.1. The van der Waals surface area contributed by atoms with E-state index in [1.807, 2.05) is 42.5 Å². The van der Waals surface area contributed by atoms with Gasteiger partial charge in [-0.2, -0.15) is 0 Å². The lowest BCUT2D eigenvalue weighted by Crippen LogP contribution is -2.32. The van der Waals surface area contributed by atoms with Gasteiger partial charge in [0.2, 0.25) is 0 Å². The molecule has 0 radical (unpaired) electrons. The third-order valence-electron chi connectivity index (χ3n) is 4.47. The first-order chi connectivity index (χ1) is 14.1. The van der Waals surface area contributed by atoms with Crippen molar-refractivity contribution in [2.75, 3.05) is 12.0 Å². The van der Waals surface area contributed by atoms with Gasteiger partial charge >= 0.3 is 0 Å². The zero-order valence-corrected chi connectivity index (χ0v) is 17.1. The molecule has 29 heavy (non-hydrogen) atoms. The van der Waals surface area contributed by atoms with Gasteiger partial charge in [0.05, 0.1) is 18.4 Å². The van der Waals surface area contributed by atoms with Crippen molar-refractivity contribution >= 4 is 39.4 Å². The Morgan fingerprint density at radius 3 is 2.55 bits per heavy atom. The van der Waals surface area contributed by atoms with Gasteiger partial charge in [-0.15, -0.1) is 0 Å². The average molecular weight is 451 g/mol. The lowest BCUT2D eigenvalue weighted by molar-refractivity contribution is -0.113. The summed E-state index contributed by atoms with van der Waals surface area (Å²) in [6.45, 7) is 0. The maximum absolute atomic E-state index is 14.1. The topological polar surface area (TPSA) is 41.9 Å². The van der Waals surface area contributed by atoms with Gasteiger partial charge in [0, 0.05) is 10.0 Å². The first kappa shape index (κ1) is 19.1. The zero-order chi connectivity index (χ0) is 20.4. The van der Waals surface area contributed by atoms with E-state index in [1.54, 1.807) is 31.4 Å². The van der Waals surface area contributed by atoms with Crippen LogP contribution in [0.25, 0.3) is 6.08 Å². The Labute approximate surface area is 176 Å². The van der Waals surface area contributed by atoms with Crippen molar-refractivity contribution in [3.8, 4) is 5.75 Å². The summed E-state index contributed by atoms with van der Waals surface area (Å²) in [6, 6.07) is 21.0. The van der Waals surface area contributed by atoms with Crippen molar-refractivity contribution in [1.82, 2.24) is 0 Å². The third-order valence-corrected chi connectivity index (χ3v) is 4.97. The summed E-state index contributed by atoms with van der Waals surface area (Å²) in [4.78, 5) is 19.4. The summed E-state index contributed by atoms with van der Waals surface area (Å²) >= 11 is 3.45. The fourth-order valence-corrected chi connectivity index (χ4v) is 3.51. The van der Waals surface area contributed by atoms with Crippen LogP contribution < -0.4 is 9.64 Å². The van der Waals surface area contributed by atoms with E-state index in [1.165, 1.54) is 17.0 Å². The third kappa shape index (κ3) is 3.71. The van der Waals surface area contributed by atoms with Crippen LogP contribution in [0.2, 0.25) is 0 Å². The maximum Gasteiger partial charge on any atom is 0.282 e. The number of amidine groups is 1. The minimum Gasteiger partial charge on any atom is -0.496 e. The Bertz CT molecular complexity index is 1160. The smallest absolute Gasteiger partial charge is 0.282 e. The number of rotatable bonds is 4. The van der Waals surface area contributed by atoms with E-state index in [0.29, 0.717) is 28.4 Å². The van der Waals surface area contributed by atoms with Crippen LogP contribution in [0.3, 0.4) is 0 Å². The molecule has 0 unspecified atom stereocenters. The summed E-state index contributed by atoms with van der Waals surface area (Å²) in [6.07, 6.45) is 1.46. The van der Waals surface area contributed by atoms with Gasteiger partial charge in [-0.25, -0.2) is 9.38 Å². The highest BCUT2D eigenvalue weighted by atomic mass is 79.9. The highest BCUT2D eigenvalue weighted by Gasteiger charge is 2.34. The van der Waals surface area contributed by atoms with Gasteiger partial charge in [-0.1, -0.05) is 52.3 Å². The number of benzene rings is 3. The highest BCUT2D eigenvalue weighted by Crippen LogP contribution is 2.32. The standard InChI is InChI=1S/C23H16BrFN2O2/c1-29-21-12-5-3-10-18(21)22-26-20(13-15-7-2-4-11-19(15)25)23(28)27(22)17-9-6-8-16(24)14-17/h2-14H,1H3/b20-13+. The number of amides is 1. The molecule has 0 atom stereocenters.